The van der Waals surface area contributed by atoms with Crippen LogP contribution >= 0.6 is 0 Å². The van der Waals surface area contributed by atoms with E-state index in [9.17, 15) is 14.7 Å². The van der Waals surface area contributed by atoms with E-state index in [1.165, 1.54) is 4.90 Å². The van der Waals surface area contributed by atoms with E-state index >= 15 is 0 Å². The molecule has 1 N–H and O–H groups in total. The first-order valence-electron chi connectivity index (χ1n) is 9.64. The van der Waals surface area contributed by atoms with Crippen LogP contribution in [-0.4, -0.2) is 40.4 Å². The van der Waals surface area contributed by atoms with Gasteiger partial charge in [-0.05, 0) is 11.1 Å². The van der Waals surface area contributed by atoms with Crippen LogP contribution < -0.4 is 0 Å². The minimum Gasteiger partial charge on any atom is -0.444 e. The number of carbonyl (C=O) groups is 2. The van der Waals surface area contributed by atoms with Gasteiger partial charge in [-0.3, -0.25) is 4.90 Å². The van der Waals surface area contributed by atoms with Crippen molar-refractivity contribution in [2.45, 2.75) is 45.6 Å². The van der Waals surface area contributed by atoms with E-state index in [1.54, 1.807) is 0 Å². The average Bonchev–Trinajstić information content (AvgIpc) is 3.01. The van der Waals surface area contributed by atoms with Gasteiger partial charge in [-0.25, -0.2) is 9.59 Å². The molecule has 0 aliphatic carbocycles. The maximum Gasteiger partial charge on any atom is 0.414 e. The van der Waals surface area contributed by atoms with Crippen LogP contribution in [0.2, 0.25) is 0 Å². The van der Waals surface area contributed by atoms with Gasteiger partial charge < -0.3 is 14.6 Å². The Balaban J connectivity index is 1.93. The molecule has 0 aromatic heterocycles. The van der Waals surface area contributed by atoms with Crippen LogP contribution in [0.25, 0.3) is 0 Å². The average molecular weight is 397 g/mol. The number of rotatable bonds is 5. The molecule has 0 spiro atoms. The third-order valence-electron chi connectivity index (χ3n) is 5.04. The van der Waals surface area contributed by atoms with Crippen LogP contribution in [0.4, 0.5) is 4.79 Å². The minimum absolute atomic E-state index is 0.0636. The van der Waals surface area contributed by atoms with Gasteiger partial charge in [-0.15, -0.1) is 0 Å². The highest BCUT2D eigenvalue weighted by molar-refractivity contribution is 5.89. The summed E-state index contributed by atoms with van der Waals surface area (Å²) in [6, 6.07) is 18.6. The van der Waals surface area contributed by atoms with Crippen LogP contribution in [0.1, 0.15) is 31.9 Å². The zero-order valence-electron chi connectivity index (χ0n) is 17.0. The van der Waals surface area contributed by atoms with E-state index in [2.05, 4.69) is 0 Å². The van der Waals surface area contributed by atoms with Crippen LogP contribution in [-0.2, 0) is 27.3 Å². The number of amides is 1. The summed E-state index contributed by atoms with van der Waals surface area (Å²) in [6.07, 6.45) is -1.41. The van der Waals surface area contributed by atoms with Gasteiger partial charge in [0.1, 0.15) is 6.61 Å². The summed E-state index contributed by atoms with van der Waals surface area (Å²) in [7, 11) is 0. The van der Waals surface area contributed by atoms with Crippen molar-refractivity contribution in [3.63, 3.8) is 0 Å². The van der Waals surface area contributed by atoms with Gasteiger partial charge in [-0.1, -0.05) is 81.4 Å². The van der Waals surface area contributed by atoms with Gasteiger partial charge in [0.15, 0.2) is 11.8 Å². The monoisotopic (exact) mass is 397 g/mol. The zero-order valence-corrected chi connectivity index (χ0v) is 17.0. The van der Waals surface area contributed by atoms with Crippen molar-refractivity contribution in [3.8, 4) is 0 Å². The number of carbonyl (C=O) groups excluding carboxylic acids is 2. The fourth-order valence-electron chi connectivity index (χ4n) is 3.50. The molecule has 2 atom stereocenters. The number of aliphatic hydroxyl groups excluding tert-OH is 1. The molecule has 1 heterocycles. The number of aliphatic hydroxyl groups is 1. The predicted octanol–water partition coefficient (Wildman–Crippen LogP) is 3.53. The third-order valence-corrected chi connectivity index (χ3v) is 5.04. The van der Waals surface area contributed by atoms with Crippen LogP contribution in [0.5, 0.6) is 0 Å². The SMILES string of the molecule is CC(C)(C)[C@H]1OC(=O)[C@@](CO)(Cc2ccccc2)N1C(=O)OCc1ccccc1. The smallest absolute Gasteiger partial charge is 0.414 e. The van der Waals surface area contributed by atoms with E-state index in [0.717, 1.165) is 11.1 Å². The number of hydrogen-bond acceptors (Lipinski definition) is 5. The van der Waals surface area contributed by atoms with Gasteiger partial charge in [-0.2, -0.15) is 0 Å². The molecule has 0 bridgehead atoms. The lowest BCUT2D eigenvalue weighted by molar-refractivity contribution is -0.149. The number of cyclic esters (lactones) is 1. The van der Waals surface area contributed by atoms with Crippen molar-refractivity contribution < 1.29 is 24.2 Å². The molecule has 2 aromatic carbocycles. The number of nitrogens with zero attached hydrogens (tertiary/aromatic N) is 1. The molecule has 6 nitrogen and oxygen atoms in total. The first kappa shape index (κ1) is 20.9. The Labute approximate surface area is 171 Å². The minimum atomic E-state index is -1.53. The maximum absolute atomic E-state index is 13.1. The highest BCUT2D eigenvalue weighted by Gasteiger charge is 2.60. The summed E-state index contributed by atoms with van der Waals surface area (Å²) >= 11 is 0. The zero-order chi connectivity index (χ0) is 21.1. The Hall–Kier alpha value is -2.86. The molecule has 0 saturated carbocycles. The van der Waals surface area contributed by atoms with Crippen molar-refractivity contribution in [1.82, 2.24) is 4.90 Å². The van der Waals surface area contributed by atoms with Gasteiger partial charge in [0.2, 0.25) is 0 Å². The summed E-state index contributed by atoms with van der Waals surface area (Å²) < 4.78 is 11.1. The van der Waals surface area contributed by atoms with Crippen molar-refractivity contribution in [1.29, 1.82) is 0 Å². The molecule has 0 unspecified atom stereocenters. The van der Waals surface area contributed by atoms with Crippen molar-refractivity contribution in [2.24, 2.45) is 5.41 Å². The molecule has 1 aliphatic heterocycles. The molecule has 6 heteroatoms. The van der Waals surface area contributed by atoms with E-state index in [1.807, 2.05) is 81.4 Å². The Bertz CT molecular complexity index is 847. The van der Waals surface area contributed by atoms with Gasteiger partial charge in [0.25, 0.3) is 0 Å². The number of benzene rings is 2. The highest BCUT2D eigenvalue weighted by Crippen LogP contribution is 2.40. The molecule has 0 radical (unpaired) electrons. The lowest BCUT2D eigenvalue weighted by atomic mass is 9.87. The molecular formula is C23H27NO5. The first-order valence-corrected chi connectivity index (χ1v) is 9.64. The molecule has 1 saturated heterocycles. The van der Waals surface area contributed by atoms with Crippen LogP contribution in [0.15, 0.2) is 60.7 Å². The van der Waals surface area contributed by atoms with Gasteiger partial charge >= 0.3 is 12.1 Å². The Morgan fingerprint density at radius 2 is 1.62 bits per heavy atom. The molecular weight excluding hydrogens is 370 g/mol. The molecule has 29 heavy (non-hydrogen) atoms. The van der Waals surface area contributed by atoms with Crippen molar-refractivity contribution >= 4 is 12.1 Å². The molecule has 2 aromatic rings. The molecule has 1 amide bonds. The first-order chi connectivity index (χ1) is 13.8. The summed E-state index contributed by atoms with van der Waals surface area (Å²) in [5, 5.41) is 10.3. The topological polar surface area (TPSA) is 76.1 Å². The second-order valence-corrected chi connectivity index (χ2v) is 8.39. The standard InChI is InChI=1S/C23H27NO5/c1-22(2,3)19-24(21(27)28-15-18-12-8-5-9-13-18)23(16-25,20(26)29-19)14-17-10-6-4-7-11-17/h4-13,19,25H,14-16H2,1-3H3/t19-,23+/m1/s1. The van der Waals surface area contributed by atoms with Gasteiger partial charge in [0.05, 0.1) is 6.61 Å². The molecule has 1 fully saturated rings. The fraction of sp³-hybridized carbons (Fsp3) is 0.391. The Morgan fingerprint density at radius 3 is 2.14 bits per heavy atom. The van der Waals surface area contributed by atoms with Gasteiger partial charge in [0, 0.05) is 11.8 Å². The largest absolute Gasteiger partial charge is 0.444 e. The fourth-order valence-corrected chi connectivity index (χ4v) is 3.50. The third kappa shape index (κ3) is 4.27. The summed E-state index contributed by atoms with van der Waals surface area (Å²) in [5.74, 6) is -0.625. The Kier molecular flexibility index (Phi) is 5.94. The second-order valence-electron chi connectivity index (χ2n) is 8.39. The Morgan fingerprint density at radius 1 is 1.07 bits per heavy atom. The maximum atomic E-state index is 13.1. The second kappa shape index (κ2) is 8.25. The van der Waals surface area contributed by atoms with Crippen molar-refractivity contribution in [2.75, 3.05) is 6.61 Å². The molecule has 154 valence electrons. The quantitative estimate of drug-likeness (QED) is 0.781. The van der Waals surface area contributed by atoms with E-state index in [0.29, 0.717) is 0 Å². The number of ether oxygens (including phenoxy) is 2. The lowest BCUT2D eigenvalue weighted by Crippen LogP contribution is -2.59. The molecule has 3 rings (SSSR count). The summed E-state index contributed by atoms with van der Waals surface area (Å²) in [5.41, 5.74) is -0.451. The molecule has 1 aliphatic rings. The van der Waals surface area contributed by atoms with E-state index in [-0.39, 0.29) is 13.0 Å². The summed E-state index contributed by atoms with van der Waals surface area (Å²) in [4.78, 5) is 27.4. The predicted molar refractivity (Wildman–Crippen MR) is 108 cm³/mol. The van der Waals surface area contributed by atoms with E-state index < -0.39 is 35.9 Å². The summed E-state index contributed by atoms with van der Waals surface area (Å²) in [6.45, 7) is 5.12. The van der Waals surface area contributed by atoms with Crippen LogP contribution in [0.3, 0.4) is 0 Å². The van der Waals surface area contributed by atoms with E-state index in [4.69, 9.17) is 9.47 Å². The van der Waals surface area contributed by atoms with Crippen LogP contribution in [0, 0.1) is 5.41 Å². The lowest BCUT2D eigenvalue weighted by Gasteiger charge is -2.38. The van der Waals surface area contributed by atoms with Crippen molar-refractivity contribution in [3.05, 3.63) is 71.8 Å². The number of esters is 1. The normalized spacial score (nSPS) is 21.7. The highest BCUT2D eigenvalue weighted by atomic mass is 16.6. The number of hydrogen-bond donors (Lipinski definition) is 1.